The number of esters is 2. The van der Waals surface area contributed by atoms with E-state index >= 15 is 0 Å². The first-order valence-electron chi connectivity index (χ1n) is 11.8. The maximum absolute atomic E-state index is 11.6. The van der Waals surface area contributed by atoms with Gasteiger partial charge in [-0.25, -0.2) is 0 Å². The van der Waals surface area contributed by atoms with Gasteiger partial charge in [0, 0.05) is 13.3 Å². The number of allylic oxidation sites excluding steroid dienone is 4. The van der Waals surface area contributed by atoms with E-state index in [1.165, 1.54) is 45.4 Å². The van der Waals surface area contributed by atoms with Crippen LogP contribution in [-0.4, -0.2) is 36.4 Å². The molecule has 0 fully saturated rings. The monoisotopic (exact) mass is 426 g/mol. The van der Waals surface area contributed by atoms with Gasteiger partial charge in [-0.1, -0.05) is 77.2 Å². The zero-order valence-corrected chi connectivity index (χ0v) is 19.9. The minimum absolute atomic E-state index is 0.133. The van der Waals surface area contributed by atoms with Gasteiger partial charge in [0.1, 0.15) is 19.3 Å². The fourth-order valence-corrected chi connectivity index (χ4v) is 2.60. The highest BCUT2D eigenvalue weighted by molar-refractivity contribution is 5.69. The van der Waals surface area contributed by atoms with Crippen LogP contribution in [0, 0.1) is 0 Å². The van der Waals surface area contributed by atoms with Crippen molar-refractivity contribution in [2.45, 2.75) is 111 Å². The predicted molar refractivity (Wildman–Crippen MR) is 124 cm³/mol. The van der Waals surface area contributed by atoms with Crippen LogP contribution < -0.4 is 0 Å². The fraction of sp³-hybridized carbons (Fsp3) is 0.760. The normalized spacial score (nSPS) is 11.9. The second-order valence-corrected chi connectivity index (χ2v) is 7.12. The van der Waals surface area contributed by atoms with Crippen LogP contribution in [-0.2, 0) is 19.1 Å². The highest BCUT2D eigenvalue weighted by Gasteiger charge is 2.10. The second-order valence-electron chi connectivity index (χ2n) is 7.12. The number of aliphatic hydroxyl groups excluding tert-OH is 1. The molecule has 0 aliphatic rings. The summed E-state index contributed by atoms with van der Waals surface area (Å²) >= 11 is 0. The van der Waals surface area contributed by atoms with Crippen molar-refractivity contribution in [3.63, 3.8) is 0 Å². The standard InChI is InChI=1S/C23H40O5.C2H6/c1-3-4-5-6-7-8-9-10-11-12-13-14-15-16-17-18-23(26)28-20-22(25)19-27-21(2)24;1-2/h7-8,10-11,22,25H,3-6,9,12-20H2,1-2H3;1-2H3/b8-7-,11-10-;. The molecule has 5 heteroatoms. The zero-order chi connectivity index (χ0) is 22.9. The van der Waals surface area contributed by atoms with Gasteiger partial charge in [-0.05, 0) is 38.5 Å². The van der Waals surface area contributed by atoms with Gasteiger partial charge in [0.2, 0.25) is 0 Å². The smallest absolute Gasteiger partial charge is 0.305 e. The van der Waals surface area contributed by atoms with Crippen molar-refractivity contribution >= 4 is 11.9 Å². The van der Waals surface area contributed by atoms with Crippen LogP contribution in [0.2, 0.25) is 0 Å². The maximum Gasteiger partial charge on any atom is 0.305 e. The van der Waals surface area contributed by atoms with Crippen LogP contribution in [0.3, 0.4) is 0 Å². The summed E-state index contributed by atoms with van der Waals surface area (Å²) in [5.74, 6) is -0.775. The predicted octanol–water partition coefficient (Wildman–Crippen LogP) is 6.29. The van der Waals surface area contributed by atoms with Crippen molar-refractivity contribution < 1.29 is 24.2 Å². The average molecular weight is 427 g/mol. The number of aliphatic hydroxyl groups is 1. The summed E-state index contributed by atoms with van der Waals surface area (Å²) < 4.78 is 9.60. The summed E-state index contributed by atoms with van der Waals surface area (Å²) in [6.07, 6.45) is 21.0. The van der Waals surface area contributed by atoms with Gasteiger partial charge >= 0.3 is 11.9 Å². The molecule has 1 atom stereocenters. The van der Waals surface area contributed by atoms with Gasteiger partial charge < -0.3 is 14.6 Å². The van der Waals surface area contributed by atoms with Crippen LogP contribution >= 0.6 is 0 Å². The molecule has 0 aliphatic heterocycles. The highest BCUT2D eigenvalue weighted by Crippen LogP contribution is 2.09. The van der Waals surface area contributed by atoms with E-state index in [-0.39, 0.29) is 19.2 Å². The van der Waals surface area contributed by atoms with E-state index in [0.29, 0.717) is 6.42 Å². The summed E-state index contributed by atoms with van der Waals surface area (Å²) in [5, 5.41) is 9.49. The number of ether oxygens (including phenoxy) is 2. The van der Waals surface area contributed by atoms with Crippen LogP contribution in [0.15, 0.2) is 24.3 Å². The average Bonchev–Trinajstić information content (AvgIpc) is 2.74. The zero-order valence-electron chi connectivity index (χ0n) is 19.9. The Bertz CT molecular complexity index is 443. The lowest BCUT2D eigenvalue weighted by Crippen LogP contribution is -2.24. The molecule has 176 valence electrons. The number of hydrogen-bond donors (Lipinski definition) is 1. The highest BCUT2D eigenvalue weighted by atomic mass is 16.6. The Balaban J connectivity index is 0. The molecule has 0 rings (SSSR count). The number of carbonyl (C=O) groups excluding carboxylic acids is 2. The van der Waals surface area contributed by atoms with Crippen LogP contribution in [0.1, 0.15) is 105 Å². The Kier molecular flexibility index (Phi) is 25.9. The quantitative estimate of drug-likeness (QED) is 0.158. The number of unbranched alkanes of at least 4 members (excludes halogenated alkanes) is 8. The molecule has 0 aliphatic carbocycles. The topological polar surface area (TPSA) is 72.8 Å². The molecule has 0 saturated heterocycles. The molecule has 30 heavy (non-hydrogen) atoms. The van der Waals surface area contributed by atoms with Crippen molar-refractivity contribution in [1.29, 1.82) is 0 Å². The number of carbonyl (C=O) groups is 2. The summed E-state index contributed by atoms with van der Waals surface area (Å²) in [4.78, 5) is 22.2. The molecule has 0 amide bonds. The van der Waals surface area contributed by atoms with E-state index in [1.807, 2.05) is 13.8 Å². The van der Waals surface area contributed by atoms with Crippen LogP contribution in [0.4, 0.5) is 0 Å². The second kappa shape index (κ2) is 25.4. The molecule has 1 unspecified atom stereocenters. The minimum atomic E-state index is -0.961. The Hall–Kier alpha value is -1.62. The summed E-state index contributed by atoms with van der Waals surface area (Å²) in [6.45, 7) is 7.21. The van der Waals surface area contributed by atoms with E-state index in [1.54, 1.807) is 0 Å². The lowest BCUT2D eigenvalue weighted by atomic mass is 10.1. The van der Waals surface area contributed by atoms with E-state index in [4.69, 9.17) is 4.74 Å². The molecule has 1 N–H and O–H groups in total. The number of rotatable bonds is 18. The molecular formula is C25H46O5. The van der Waals surface area contributed by atoms with Gasteiger partial charge in [0.25, 0.3) is 0 Å². The minimum Gasteiger partial charge on any atom is -0.463 e. The molecule has 0 bridgehead atoms. The van der Waals surface area contributed by atoms with Gasteiger partial charge in [0.15, 0.2) is 0 Å². The molecule has 0 radical (unpaired) electrons. The molecule has 0 spiro atoms. The molecule has 5 nitrogen and oxygen atoms in total. The van der Waals surface area contributed by atoms with Gasteiger partial charge in [-0.15, -0.1) is 0 Å². The Labute approximate surface area is 184 Å². The Morgan fingerprint density at radius 2 is 1.33 bits per heavy atom. The van der Waals surface area contributed by atoms with Crippen LogP contribution in [0.25, 0.3) is 0 Å². The third-order valence-electron chi connectivity index (χ3n) is 4.25. The third-order valence-corrected chi connectivity index (χ3v) is 4.25. The van der Waals surface area contributed by atoms with Gasteiger partial charge in [-0.3, -0.25) is 9.59 Å². The molecule has 0 heterocycles. The molecule has 0 aromatic carbocycles. The first-order chi connectivity index (χ1) is 14.6. The van der Waals surface area contributed by atoms with Crippen molar-refractivity contribution in [3.8, 4) is 0 Å². The lowest BCUT2D eigenvalue weighted by molar-refractivity contribution is -0.151. The van der Waals surface area contributed by atoms with Gasteiger partial charge in [0.05, 0.1) is 0 Å². The maximum atomic E-state index is 11.6. The molecule has 0 aromatic rings. The van der Waals surface area contributed by atoms with E-state index in [0.717, 1.165) is 32.1 Å². The molecule has 0 saturated carbocycles. The van der Waals surface area contributed by atoms with Crippen molar-refractivity contribution in [2.75, 3.05) is 13.2 Å². The summed E-state index contributed by atoms with van der Waals surface area (Å²) in [5.41, 5.74) is 0. The first kappa shape index (κ1) is 30.6. The van der Waals surface area contributed by atoms with Crippen LogP contribution in [0.5, 0.6) is 0 Å². The first-order valence-corrected chi connectivity index (χ1v) is 11.8. The van der Waals surface area contributed by atoms with Crippen molar-refractivity contribution in [3.05, 3.63) is 24.3 Å². The third kappa shape index (κ3) is 26.4. The van der Waals surface area contributed by atoms with Crippen molar-refractivity contribution in [2.24, 2.45) is 0 Å². The Morgan fingerprint density at radius 1 is 0.800 bits per heavy atom. The van der Waals surface area contributed by atoms with Crippen molar-refractivity contribution in [1.82, 2.24) is 0 Å². The summed E-state index contributed by atoms with van der Waals surface area (Å²) in [6, 6.07) is 0. The SMILES string of the molecule is CC.CCCCC/C=C\C/C=C\CCCCCCCC(=O)OCC(O)COC(C)=O. The summed E-state index contributed by atoms with van der Waals surface area (Å²) in [7, 11) is 0. The molecule has 0 aromatic heterocycles. The lowest BCUT2D eigenvalue weighted by Gasteiger charge is -2.11. The number of hydrogen-bond acceptors (Lipinski definition) is 5. The largest absolute Gasteiger partial charge is 0.463 e. The van der Waals surface area contributed by atoms with E-state index in [2.05, 4.69) is 36.0 Å². The van der Waals surface area contributed by atoms with E-state index < -0.39 is 12.1 Å². The fourth-order valence-electron chi connectivity index (χ4n) is 2.60. The van der Waals surface area contributed by atoms with Gasteiger partial charge in [-0.2, -0.15) is 0 Å². The van der Waals surface area contributed by atoms with E-state index in [9.17, 15) is 14.7 Å². The molecular weight excluding hydrogens is 380 g/mol. The Morgan fingerprint density at radius 3 is 1.93 bits per heavy atom.